The lowest BCUT2D eigenvalue weighted by molar-refractivity contribution is -0.423. The van der Waals surface area contributed by atoms with Crippen molar-refractivity contribution >= 4 is 21.2 Å². The van der Waals surface area contributed by atoms with Gasteiger partial charge in [0.2, 0.25) is 0 Å². The van der Waals surface area contributed by atoms with Crippen molar-refractivity contribution in [2.24, 2.45) is 0 Å². The molecule has 3 rings (SSSR count). The molecule has 0 fully saturated rings. The molecule has 0 N–H and O–H groups in total. The van der Waals surface area contributed by atoms with Crippen LogP contribution in [-0.2, 0) is 22.9 Å². The fourth-order valence-corrected chi connectivity index (χ4v) is 4.88. The summed E-state index contributed by atoms with van der Waals surface area (Å²) < 4.78 is 35.3. The first kappa shape index (κ1) is 23.4. The van der Waals surface area contributed by atoms with Crippen LogP contribution in [0.3, 0.4) is 0 Å². The number of benzene rings is 2. The lowest BCUT2D eigenvalue weighted by atomic mass is 10.1. The van der Waals surface area contributed by atoms with Crippen molar-refractivity contribution in [1.82, 2.24) is 4.90 Å². The predicted octanol–water partition coefficient (Wildman–Crippen LogP) is 3.01. The molecule has 1 aliphatic heterocycles. The van der Waals surface area contributed by atoms with Gasteiger partial charge < -0.3 is 9.47 Å². The third-order valence-electron chi connectivity index (χ3n) is 5.25. The van der Waals surface area contributed by atoms with Gasteiger partial charge in [0, 0.05) is 31.5 Å². The number of fused-ring (bicyclic) bond motifs is 1. The number of methoxy groups -OCH3 is 1. The second kappa shape index (κ2) is 9.09. The summed E-state index contributed by atoms with van der Waals surface area (Å²) in [4.78, 5) is 23.1. The molecule has 2 aromatic rings. The quantitative estimate of drug-likeness (QED) is 0.403. The molecule has 172 valence electrons. The fraction of sp³-hybridized carbons (Fsp3) is 0.400. The molecule has 1 unspecified atom stereocenters. The molecule has 0 radical (unpaired) electrons. The maximum Gasteiger partial charge on any atom is 0.350 e. The van der Waals surface area contributed by atoms with Crippen LogP contribution in [0.25, 0.3) is 0 Å². The van der Waals surface area contributed by atoms with Gasteiger partial charge >= 0.3 is 11.4 Å². The zero-order valence-corrected chi connectivity index (χ0v) is 18.6. The van der Waals surface area contributed by atoms with Gasteiger partial charge in [0.05, 0.1) is 34.9 Å². The van der Waals surface area contributed by atoms with Crippen molar-refractivity contribution in [3.05, 3.63) is 67.3 Å². The summed E-state index contributed by atoms with van der Waals surface area (Å²) in [6.45, 7) is 2.40. The smallest absolute Gasteiger partial charge is 0.350 e. The highest BCUT2D eigenvalue weighted by molar-refractivity contribution is 7.90. The van der Waals surface area contributed by atoms with E-state index in [1.165, 1.54) is 13.2 Å². The molecule has 2 aromatic carbocycles. The van der Waals surface area contributed by atoms with E-state index in [1.807, 2.05) is 6.92 Å². The highest BCUT2D eigenvalue weighted by atomic mass is 32.2. The molecule has 0 amide bonds. The van der Waals surface area contributed by atoms with Crippen LogP contribution in [-0.4, -0.2) is 48.9 Å². The molecular formula is C20H23N3O8S. The minimum atomic E-state index is -3.44. The summed E-state index contributed by atoms with van der Waals surface area (Å²) >= 11 is 0. The summed E-state index contributed by atoms with van der Waals surface area (Å²) in [6, 6.07) is 7.03. The third-order valence-corrected chi connectivity index (χ3v) is 6.17. The number of sulfone groups is 1. The lowest BCUT2D eigenvalue weighted by Crippen LogP contribution is -2.29. The second-order valence-electron chi connectivity index (χ2n) is 7.44. The summed E-state index contributed by atoms with van der Waals surface area (Å²) in [5.41, 5.74) is 0.265. The SMILES string of the molecule is CCOc1cc(C(CS(C)(=O)=O)N2Cc3ccc([N+](=O)[O-])c([N+](=O)[O-])c3C2)ccc1OC. The van der Waals surface area contributed by atoms with Crippen LogP contribution < -0.4 is 9.47 Å². The molecule has 12 heteroatoms. The van der Waals surface area contributed by atoms with E-state index in [0.717, 1.165) is 12.3 Å². The van der Waals surface area contributed by atoms with E-state index in [-0.39, 0.29) is 24.4 Å². The van der Waals surface area contributed by atoms with Crippen LogP contribution in [0.4, 0.5) is 11.4 Å². The van der Waals surface area contributed by atoms with Crippen LogP contribution in [0.2, 0.25) is 0 Å². The Morgan fingerprint density at radius 3 is 2.38 bits per heavy atom. The Morgan fingerprint density at radius 2 is 1.81 bits per heavy atom. The average molecular weight is 465 g/mol. The molecule has 0 aromatic heterocycles. The zero-order chi connectivity index (χ0) is 23.6. The molecule has 0 bridgehead atoms. The normalized spacial score (nSPS) is 14.6. The van der Waals surface area contributed by atoms with Gasteiger partial charge in [0.15, 0.2) is 11.5 Å². The second-order valence-corrected chi connectivity index (χ2v) is 9.63. The predicted molar refractivity (Wildman–Crippen MR) is 116 cm³/mol. The minimum absolute atomic E-state index is 0.00348. The van der Waals surface area contributed by atoms with E-state index in [1.54, 1.807) is 23.1 Å². The van der Waals surface area contributed by atoms with E-state index in [9.17, 15) is 28.6 Å². The highest BCUT2D eigenvalue weighted by Gasteiger charge is 2.38. The number of hydrogen-bond donors (Lipinski definition) is 0. The number of ether oxygens (including phenoxy) is 2. The Bertz CT molecular complexity index is 1170. The molecule has 0 spiro atoms. The molecule has 1 aliphatic rings. The molecule has 0 saturated heterocycles. The summed E-state index contributed by atoms with van der Waals surface area (Å²) in [6.07, 6.45) is 1.11. The summed E-state index contributed by atoms with van der Waals surface area (Å²) in [7, 11) is -1.95. The van der Waals surface area contributed by atoms with Crippen molar-refractivity contribution < 1.29 is 27.7 Å². The topological polar surface area (TPSA) is 142 Å². The Kier molecular flexibility index (Phi) is 6.65. The van der Waals surface area contributed by atoms with Crippen LogP contribution in [0.5, 0.6) is 11.5 Å². The first-order valence-corrected chi connectivity index (χ1v) is 11.8. The molecule has 1 heterocycles. The van der Waals surface area contributed by atoms with Crippen molar-refractivity contribution in [3.63, 3.8) is 0 Å². The van der Waals surface area contributed by atoms with Crippen LogP contribution in [0.1, 0.15) is 29.7 Å². The van der Waals surface area contributed by atoms with E-state index < -0.39 is 37.1 Å². The molecular weight excluding hydrogens is 442 g/mol. The van der Waals surface area contributed by atoms with Gasteiger partial charge in [-0.1, -0.05) is 12.1 Å². The van der Waals surface area contributed by atoms with E-state index in [4.69, 9.17) is 9.47 Å². The average Bonchev–Trinajstić information content (AvgIpc) is 3.14. The molecule has 11 nitrogen and oxygen atoms in total. The maximum atomic E-state index is 12.2. The van der Waals surface area contributed by atoms with E-state index in [0.29, 0.717) is 29.2 Å². The van der Waals surface area contributed by atoms with Gasteiger partial charge in [-0.25, -0.2) is 8.42 Å². The van der Waals surface area contributed by atoms with Crippen molar-refractivity contribution in [1.29, 1.82) is 0 Å². The standard InChI is InChI=1S/C20H23N3O8S/c1-4-31-19-9-13(6-8-18(19)30-2)17(12-32(3,28)29)21-10-14-5-7-16(22(24)25)20(23(26)27)15(14)11-21/h5-9,17H,4,10-12H2,1-3H3. The largest absolute Gasteiger partial charge is 0.493 e. The van der Waals surface area contributed by atoms with Gasteiger partial charge in [0.1, 0.15) is 9.84 Å². The number of nitrogens with zero attached hydrogens (tertiary/aromatic N) is 3. The van der Waals surface area contributed by atoms with Gasteiger partial charge in [-0.3, -0.25) is 25.1 Å². The Hall–Kier alpha value is -3.25. The van der Waals surface area contributed by atoms with Crippen LogP contribution in [0, 0.1) is 20.2 Å². The summed E-state index contributed by atoms with van der Waals surface area (Å²) in [5, 5.41) is 22.9. The zero-order valence-electron chi connectivity index (χ0n) is 17.8. The molecule has 1 atom stereocenters. The van der Waals surface area contributed by atoms with Gasteiger partial charge in [0.25, 0.3) is 0 Å². The molecule has 0 saturated carbocycles. The monoisotopic (exact) mass is 465 g/mol. The van der Waals surface area contributed by atoms with Gasteiger partial charge in [-0.05, 0) is 30.2 Å². The van der Waals surface area contributed by atoms with Crippen molar-refractivity contribution in [2.45, 2.75) is 26.1 Å². The minimum Gasteiger partial charge on any atom is -0.493 e. The van der Waals surface area contributed by atoms with Crippen molar-refractivity contribution in [3.8, 4) is 11.5 Å². The Morgan fingerprint density at radius 1 is 1.09 bits per heavy atom. The van der Waals surface area contributed by atoms with E-state index in [2.05, 4.69) is 0 Å². The lowest BCUT2D eigenvalue weighted by Gasteiger charge is -2.28. The fourth-order valence-electron chi connectivity index (χ4n) is 3.91. The first-order valence-electron chi connectivity index (χ1n) is 9.71. The highest BCUT2D eigenvalue weighted by Crippen LogP contribution is 2.42. The molecule has 32 heavy (non-hydrogen) atoms. The number of hydrogen-bond acceptors (Lipinski definition) is 9. The van der Waals surface area contributed by atoms with Crippen LogP contribution >= 0.6 is 0 Å². The maximum absolute atomic E-state index is 12.2. The third kappa shape index (κ3) is 4.81. The van der Waals surface area contributed by atoms with E-state index >= 15 is 0 Å². The summed E-state index contributed by atoms with van der Waals surface area (Å²) in [5.74, 6) is 0.698. The van der Waals surface area contributed by atoms with Gasteiger partial charge in [-0.15, -0.1) is 0 Å². The molecule has 0 aliphatic carbocycles. The number of rotatable bonds is 9. The van der Waals surface area contributed by atoms with Crippen LogP contribution in [0.15, 0.2) is 30.3 Å². The van der Waals surface area contributed by atoms with Crippen molar-refractivity contribution in [2.75, 3.05) is 25.7 Å². The number of nitro groups is 2. The Balaban J connectivity index is 2.06. The first-order chi connectivity index (χ1) is 15.1. The Labute approximate surface area is 184 Å². The number of nitro benzene ring substituents is 2. The van der Waals surface area contributed by atoms with Gasteiger partial charge in [-0.2, -0.15) is 0 Å².